The number of hydrogen-bond donors (Lipinski definition) is 1. The summed E-state index contributed by atoms with van der Waals surface area (Å²) in [6, 6.07) is 1.83. The van der Waals surface area contributed by atoms with E-state index in [-0.39, 0.29) is 5.57 Å². The molecule has 0 bridgehead atoms. The van der Waals surface area contributed by atoms with E-state index in [1.165, 1.54) is 19.1 Å². The van der Waals surface area contributed by atoms with Gasteiger partial charge in [0.1, 0.15) is 11.6 Å². The summed E-state index contributed by atoms with van der Waals surface area (Å²) in [6.45, 7) is 0.544. The van der Waals surface area contributed by atoms with Crippen LogP contribution in [0.2, 0.25) is 0 Å². The van der Waals surface area contributed by atoms with Crippen LogP contribution in [0.4, 0.5) is 0 Å². The Morgan fingerprint density at radius 2 is 2.54 bits per heavy atom. The van der Waals surface area contributed by atoms with E-state index in [9.17, 15) is 4.79 Å². The van der Waals surface area contributed by atoms with Crippen LogP contribution in [0, 0.1) is 11.3 Å². The highest BCUT2D eigenvalue weighted by Gasteiger charge is 2.22. The van der Waals surface area contributed by atoms with Gasteiger partial charge in [-0.15, -0.1) is 0 Å². The van der Waals surface area contributed by atoms with Gasteiger partial charge >= 0.3 is 5.97 Å². The van der Waals surface area contributed by atoms with Crippen LogP contribution in [0.1, 0.15) is 0 Å². The van der Waals surface area contributed by atoms with Gasteiger partial charge in [-0.1, -0.05) is 0 Å². The molecule has 0 spiro atoms. The molecule has 5 nitrogen and oxygen atoms in total. The third kappa shape index (κ3) is 2.21. The summed E-state index contributed by atoms with van der Waals surface area (Å²) in [6.07, 6.45) is 0. The summed E-state index contributed by atoms with van der Waals surface area (Å²) < 4.78 is 4.47. The van der Waals surface area contributed by atoms with Crippen molar-refractivity contribution in [3.8, 4) is 6.07 Å². The predicted molar refractivity (Wildman–Crippen MR) is 48.0 cm³/mol. The molecule has 1 aliphatic rings. The zero-order valence-corrected chi connectivity index (χ0v) is 8.14. The van der Waals surface area contributed by atoms with Crippen LogP contribution in [0.5, 0.6) is 0 Å². The summed E-state index contributed by atoms with van der Waals surface area (Å²) in [7, 11) is 3.09. The predicted octanol–water partition coefficient (Wildman–Crippen LogP) is 0.0353. The Morgan fingerprint density at radius 1 is 1.85 bits per heavy atom. The lowest BCUT2D eigenvalue weighted by Gasteiger charge is -2.01. The molecular formula is C7H9N3O2S. The summed E-state index contributed by atoms with van der Waals surface area (Å²) in [4.78, 5) is 14.7. The Balaban J connectivity index is 2.88. The maximum atomic E-state index is 11.1. The lowest BCUT2D eigenvalue weighted by Crippen LogP contribution is -2.22. The second kappa shape index (κ2) is 4.28. The molecule has 1 N–H and O–H groups in total. The Kier molecular flexibility index (Phi) is 3.31. The molecule has 0 saturated carbocycles. The summed E-state index contributed by atoms with van der Waals surface area (Å²) in [5.41, 5.74) is 0.0735. The van der Waals surface area contributed by atoms with Gasteiger partial charge in [-0.2, -0.15) is 10.1 Å². The van der Waals surface area contributed by atoms with Crippen molar-refractivity contribution in [2.24, 2.45) is 0 Å². The summed E-state index contributed by atoms with van der Waals surface area (Å²) in [5.74, 6) is -0.581. The number of carbonyl (C=O) groups is 1. The molecule has 0 atom stereocenters. The van der Waals surface area contributed by atoms with Gasteiger partial charge in [0.15, 0.2) is 0 Å². The number of hydrazine groups is 1. The lowest BCUT2D eigenvalue weighted by molar-refractivity contribution is -0.135. The van der Waals surface area contributed by atoms with Crippen molar-refractivity contribution in [3.05, 3.63) is 10.5 Å². The third-order valence-electron chi connectivity index (χ3n) is 1.49. The van der Waals surface area contributed by atoms with E-state index in [0.717, 1.165) is 0 Å². The van der Waals surface area contributed by atoms with Crippen molar-refractivity contribution >= 4 is 17.9 Å². The van der Waals surface area contributed by atoms with Gasteiger partial charge in [-0.05, 0) is 11.9 Å². The van der Waals surface area contributed by atoms with Crippen molar-refractivity contribution < 1.29 is 9.53 Å². The summed E-state index contributed by atoms with van der Waals surface area (Å²) in [5, 5.41) is 10.5. The Hall–Kier alpha value is -1.03. The molecule has 1 fully saturated rings. The van der Waals surface area contributed by atoms with Crippen LogP contribution >= 0.6 is 11.9 Å². The van der Waals surface area contributed by atoms with Gasteiger partial charge in [0.2, 0.25) is 0 Å². The first-order chi connectivity index (χ1) is 6.19. The highest BCUT2D eigenvalue weighted by atomic mass is 32.2. The van der Waals surface area contributed by atoms with Crippen LogP contribution in [-0.2, 0) is 9.53 Å². The molecule has 1 heterocycles. The average Bonchev–Trinajstić information content (AvgIpc) is 2.53. The Bertz CT molecular complexity index is 295. The van der Waals surface area contributed by atoms with Crippen LogP contribution in [0.15, 0.2) is 10.5 Å². The highest BCUT2D eigenvalue weighted by molar-refractivity contribution is 8.01. The zero-order valence-electron chi connectivity index (χ0n) is 7.33. The number of methoxy groups -OCH3 is 1. The Labute approximate surface area is 80.4 Å². The quantitative estimate of drug-likeness (QED) is 0.278. The fourth-order valence-electron chi connectivity index (χ4n) is 0.867. The van der Waals surface area contributed by atoms with E-state index in [4.69, 9.17) is 5.26 Å². The number of nitrogens with one attached hydrogen (secondary N) is 1. The van der Waals surface area contributed by atoms with Crippen molar-refractivity contribution in [1.82, 2.24) is 9.84 Å². The molecule has 1 aliphatic heterocycles. The molecule has 6 heteroatoms. The fourth-order valence-corrected chi connectivity index (χ4v) is 1.69. The topological polar surface area (TPSA) is 65.4 Å². The minimum absolute atomic E-state index is 0.0735. The number of rotatable bonds is 1. The molecule has 0 amide bonds. The number of likely N-dealkylation sites (N-methyl/N-ethyl adjacent to an activating group) is 1. The van der Waals surface area contributed by atoms with E-state index < -0.39 is 5.97 Å². The van der Waals surface area contributed by atoms with Crippen molar-refractivity contribution in [3.63, 3.8) is 0 Å². The largest absolute Gasteiger partial charge is 0.465 e. The van der Waals surface area contributed by atoms with Crippen molar-refractivity contribution in [2.75, 3.05) is 20.7 Å². The number of carbonyl (C=O) groups excluding carboxylic acids is 1. The second-order valence-electron chi connectivity index (χ2n) is 2.45. The average molecular weight is 199 g/mol. The molecule has 0 unspecified atom stereocenters. The van der Waals surface area contributed by atoms with E-state index in [1.807, 2.05) is 13.1 Å². The van der Waals surface area contributed by atoms with Crippen LogP contribution in [-0.4, -0.2) is 31.7 Å². The van der Waals surface area contributed by atoms with Gasteiger partial charge in [-0.3, -0.25) is 0 Å². The number of hydrogen-bond acceptors (Lipinski definition) is 6. The fraction of sp³-hybridized carbons (Fsp3) is 0.429. The maximum Gasteiger partial charge on any atom is 0.349 e. The van der Waals surface area contributed by atoms with E-state index in [2.05, 4.69) is 9.57 Å². The molecule has 0 radical (unpaired) electrons. The van der Waals surface area contributed by atoms with Crippen molar-refractivity contribution in [1.29, 1.82) is 5.26 Å². The molecule has 0 aromatic heterocycles. The molecule has 0 aliphatic carbocycles. The van der Waals surface area contributed by atoms with Gasteiger partial charge in [0.25, 0.3) is 0 Å². The first kappa shape index (κ1) is 10.1. The van der Waals surface area contributed by atoms with E-state index in [1.54, 1.807) is 5.01 Å². The molecule has 13 heavy (non-hydrogen) atoms. The SMILES string of the molecule is COC(=O)/C(C#N)=C1\CN(C)NS1. The molecule has 70 valence electrons. The normalized spacial score (nSPS) is 21.0. The number of nitriles is 1. The lowest BCUT2D eigenvalue weighted by atomic mass is 10.2. The molecule has 1 rings (SSSR count). The smallest absolute Gasteiger partial charge is 0.349 e. The molecular weight excluding hydrogens is 190 g/mol. The van der Waals surface area contributed by atoms with Gasteiger partial charge in [-0.25, -0.2) is 9.80 Å². The van der Waals surface area contributed by atoms with Crippen molar-refractivity contribution in [2.45, 2.75) is 0 Å². The van der Waals surface area contributed by atoms with Crippen LogP contribution < -0.4 is 4.83 Å². The van der Waals surface area contributed by atoms with E-state index in [0.29, 0.717) is 11.4 Å². The monoisotopic (exact) mass is 199 g/mol. The first-order valence-electron chi connectivity index (χ1n) is 3.54. The molecule has 1 saturated heterocycles. The second-order valence-corrected chi connectivity index (χ2v) is 3.33. The van der Waals surface area contributed by atoms with Gasteiger partial charge in [0, 0.05) is 18.5 Å². The minimum Gasteiger partial charge on any atom is -0.465 e. The molecule has 0 aromatic rings. The standard InChI is InChI=1S/C7H9N3O2S/c1-10-4-6(13-9-10)5(3-8)7(11)12-2/h9H,4H2,1-2H3/b6-5+. The third-order valence-corrected chi connectivity index (χ3v) is 2.47. The first-order valence-corrected chi connectivity index (χ1v) is 4.36. The minimum atomic E-state index is -0.581. The van der Waals surface area contributed by atoms with Gasteiger partial charge in [0.05, 0.1) is 7.11 Å². The molecule has 0 aromatic carbocycles. The number of nitrogens with zero attached hydrogens (tertiary/aromatic N) is 2. The van der Waals surface area contributed by atoms with E-state index >= 15 is 0 Å². The van der Waals surface area contributed by atoms with Gasteiger partial charge < -0.3 is 4.74 Å². The highest BCUT2D eigenvalue weighted by Crippen LogP contribution is 2.23. The Morgan fingerprint density at radius 3 is 2.92 bits per heavy atom. The zero-order chi connectivity index (χ0) is 9.84. The van der Waals surface area contributed by atoms with Crippen LogP contribution in [0.3, 0.4) is 0 Å². The summed E-state index contributed by atoms with van der Waals surface area (Å²) >= 11 is 1.26. The number of esters is 1. The maximum absolute atomic E-state index is 11.1. The van der Waals surface area contributed by atoms with Crippen LogP contribution in [0.25, 0.3) is 0 Å². The number of ether oxygens (including phenoxy) is 1.